The third-order valence-corrected chi connectivity index (χ3v) is 2.98. The number of sulfone groups is 1. The van der Waals surface area contributed by atoms with Gasteiger partial charge in [-0.2, -0.15) is 0 Å². The van der Waals surface area contributed by atoms with Gasteiger partial charge in [0.15, 0.2) is 0 Å². The van der Waals surface area contributed by atoms with E-state index in [-0.39, 0.29) is 4.90 Å². The first kappa shape index (κ1) is 11.2. The monoisotopic (exact) mass is 228 g/mol. The predicted octanol–water partition coefficient (Wildman–Crippen LogP) is 0.790. The molecule has 1 aromatic rings. The van der Waals surface area contributed by atoms with Crippen molar-refractivity contribution in [3.63, 3.8) is 0 Å². The number of nitrogen functional groups attached to an aromatic ring is 1. The molecular weight excluding hydrogens is 220 g/mol. The van der Waals surface area contributed by atoms with Gasteiger partial charge < -0.3 is 5.73 Å². The molecule has 0 amide bonds. The normalized spacial score (nSPS) is 11.7. The molecule has 0 unspecified atom stereocenters. The zero-order valence-corrected chi connectivity index (χ0v) is 8.35. The number of benzene rings is 1. The van der Waals surface area contributed by atoms with Crippen LogP contribution < -0.4 is 5.73 Å². The van der Waals surface area contributed by atoms with Gasteiger partial charge >= 0.3 is 0 Å². The van der Waals surface area contributed by atoms with Gasteiger partial charge in [-0.1, -0.05) is 0 Å². The van der Waals surface area contributed by atoms with Crippen LogP contribution in [0.25, 0.3) is 0 Å². The molecule has 6 nitrogen and oxygen atoms in total. The number of anilines is 1. The van der Waals surface area contributed by atoms with Crippen molar-refractivity contribution in [2.75, 3.05) is 5.73 Å². The smallest absolute Gasteiger partial charge is 0.246 e. The van der Waals surface area contributed by atoms with Gasteiger partial charge in [0.25, 0.3) is 0 Å². The Morgan fingerprint density at radius 1 is 1.27 bits per heavy atom. The van der Waals surface area contributed by atoms with Gasteiger partial charge in [-0.15, -0.1) is 0 Å². The minimum atomic E-state index is -3.75. The van der Waals surface area contributed by atoms with Gasteiger partial charge in [-0.3, -0.25) is 10.1 Å². The molecule has 0 aromatic heterocycles. The molecule has 1 aromatic carbocycles. The van der Waals surface area contributed by atoms with E-state index in [1.165, 1.54) is 24.3 Å². The van der Waals surface area contributed by atoms with Gasteiger partial charge in [0, 0.05) is 5.69 Å². The Kier molecular flexibility index (Phi) is 3.05. The molecule has 0 bridgehead atoms. The van der Waals surface area contributed by atoms with Gasteiger partial charge in [0.1, 0.15) is 5.41 Å². The lowest BCUT2D eigenvalue weighted by atomic mass is 10.3. The molecule has 0 aliphatic rings. The Hall–Kier alpha value is -1.89. The minimum absolute atomic E-state index is 0.0326. The molecule has 0 atom stereocenters. The van der Waals surface area contributed by atoms with Gasteiger partial charge in [-0.25, -0.2) is 8.42 Å². The largest absolute Gasteiger partial charge is 0.399 e. The number of nitro groups is 1. The first-order chi connectivity index (χ1) is 6.92. The first-order valence-electron chi connectivity index (χ1n) is 3.84. The fourth-order valence-electron chi connectivity index (χ4n) is 0.866. The van der Waals surface area contributed by atoms with Crippen molar-refractivity contribution >= 4 is 15.5 Å². The highest BCUT2D eigenvalue weighted by atomic mass is 32.2. The van der Waals surface area contributed by atoms with Crippen molar-refractivity contribution in [3.05, 3.63) is 46.0 Å². The highest BCUT2D eigenvalue weighted by Crippen LogP contribution is 2.14. The van der Waals surface area contributed by atoms with Crippen LogP contribution in [-0.4, -0.2) is 13.3 Å². The molecule has 0 fully saturated rings. The Bertz CT molecular complexity index is 490. The van der Waals surface area contributed by atoms with Crippen LogP contribution in [0.5, 0.6) is 0 Å². The lowest BCUT2D eigenvalue weighted by molar-refractivity contribution is -0.402. The fraction of sp³-hybridized carbons (Fsp3) is 0. The molecule has 0 radical (unpaired) electrons. The molecule has 80 valence electrons. The molecule has 0 spiro atoms. The second-order valence-corrected chi connectivity index (χ2v) is 4.52. The summed E-state index contributed by atoms with van der Waals surface area (Å²) in [6, 6.07) is 5.39. The van der Waals surface area contributed by atoms with E-state index in [0.29, 0.717) is 17.3 Å². The summed E-state index contributed by atoms with van der Waals surface area (Å²) >= 11 is 0. The van der Waals surface area contributed by atoms with Crippen molar-refractivity contribution in [1.29, 1.82) is 0 Å². The van der Waals surface area contributed by atoms with Crippen LogP contribution in [0.15, 0.2) is 40.8 Å². The van der Waals surface area contributed by atoms with Crippen molar-refractivity contribution < 1.29 is 13.3 Å². The van der Waals surface area contributed by atoms with E-state index in [1.807, 2.05) is 0 Å². The Balaban J connectivity index is 3.07. The minimum Gasteiger partial charge on any atom is -0.399 e. The summed E-state index contributed by atoms with van der Waals surface area (Å²) in [5.41, 5.74) is 5.79. The van der Waals surface area contributed by atoms with Crippen molar-refractivity contribution in [3.8, 4) is 0 Å². The maximum atomic E-state index is 11.4. The summed E-state index contributed by atoms with van der Waals surface area (Å²) in [5, 5.41) is 10.5. The third kappa shape index (κ3) is 3.06. The summed E-state index contributed by atoms with van der Waals surface area (Å²) in [5.74, 6) is 0. The van der Waals surface area contributed by atoms with Crippen LogP contribution in [0.2, 0.25) is 0 Å². The van der Waals surface area contributed by atoms with Crippen LogP contribution in [0.4, 0.5) is 5.69 Å². The average molecular weight is 228 g/mol. The second-order valence-electron chi connectivity index (χ2n) is 2.68. The highest BCUT2D eigenvalue weighted by molar-refractivity contribution is 7.94. The van der Waals surface area contributed by atoms with E-state index >= 15 is 0 Å². The Labute approximate surface area is 86.1 Å². The summed E-state index contributed by atoms with van der Waals surface area (Å²) in [6.45, 7) is 0. The molecule has 0 aliphatic carbocycles. The summed E-state index contributed by atoms with van der Waals surface area (Å²) < 4.78 is 22.8. The van der Waals surface area contributed by atoms with Crippen LogP contribution >= 0.6 is 0 Å². The van der Waals surface area contributed by atoms with Crippen LogP contribution in [0.1, 0.15) is 0 Å². The zero-order chi connectivity index (χ0) is 11.5. The van der Waals surface area contributed by atoms with Gasteiger partial charge in [0.2, 0.25) is 16.0 Å². The van der Waals surface area contributed by atoms with E-state index < -0.39 is 14.8 Å². The van der Waals surface area contributed by atoms with Crippen molar-refractivity contribution in [2.45, 2.75) is 4.90 Å². The molecule has 0 aliphatic heterocycles. The van der Waals surface area contributed by atoms with Crippen molar-refractivity contribution in [2.24, 2.45) is 0 Å². The topological polar surface area (TPSA) is 103 Å². The lowest BCUT2D eigenvalue weighted by Gasteiger charge is -1.97. The Morgan fingerprint density at radius 2 is 1.80 bits per heavy atom. The van der Waals surface area contributed by atoms with E-state index in [2.05, 4.69) is 0 Å². The van der Waals surface area contributed by atoms with E-state index in [0.717, 1.165) is 0 Å². The average Bonchev–Trinajstić information content (AvgIpc) is 2.16. The maximum absolute atomic E-state index is 11.4. The van der Waals surface area contributed by atoms with Gasteiger partial charge in [0.05, 0.1) is 9.82 Å². The van der Waals surface area contributed by atoms with E-state index in [4.69, 9.17) is 5.73 Å². The van der Waals surface area contributed by atoms with Crippen LogP contribution in [0, 0.1) is 10.1 Å². The SMILES string of the molecule is Nc1ccc(S(=O)(=O)C=C[N+](=O)[O-])cc1. The number of nitrogens with two attached hydrogens (primary N) is 1. The number of hydrogen-bond acceptors (Lipinski definition) is 5. The number of rotatable bonds is 3. The van der Waals surface area contributed by atoms with Crippen molar-refractivity contribution in [1.82, 2.24) is 0 Å². The summed E-state index contributed by atoms with van der Waals surface area (Å²) in [7, 11) is -3.75. The molecule has 15 heavy (non-hydrogen) atoms. The third-order valence-electron chi connectivity index (χ3n) is 1.57. The van der Waals surface area contributed by atoms with Crippen LogP contribution in [0.3, 0.4) is 0 Å². The molecule has 2 N–H and O–H groups in total. The predicted molar refractivity (Wildman–Crippen MR) is 54.2 cm³/mol. The quantitative estimate of drug-likeness (QED) is 0.468. The van der Waals surface area contributed by atoms with Gasteiger partial charge in [-0.05, 0) is 24.3 Å². The second kappa shape index (κ2) is 4.09. The standard InChI is InChI=1S/C8H8N2O4S/c9-7-1-3-8(4-2-7)15(13,14)6-5-10(11)12/h1-6H,9H2. The molecule has 0 heterocycles. The molecular formula is C8H8N2O4S. The van der Waals surface area contributed by atoms with E-state index in [9.17, 15) is 18.5 Å². The fourth-order valence-corrected chi connectivity index (χ4v) is 1.80. The number of nitrogens with zero attached hydrogens (tertiary/aromatic N) is 1. The van der Waals surface area contributed by atoms with E-state index in [1.54, 1.807) is 0 Å². The molecule has 7 heteroatoms. The Morgan fingerprint density at radius 3 is 2.27 bits per heavy atom. The lowest BCUT2D eigenvalue weighted by Crippen LogP contribution is -1.98. The zero-order valence-electron chi connectivity index (χ0n) is 7.53. The van der Waals surface area contributed by atoms with Crippen LogP contribution in [-0.2, 0) is 9.84 Å². The molecule has 1 rings (SSSR count). The summed E-state index contributed by atoms with van der Waals surface area (Å²) in [4.78, 5) is 9.09. The highest BCUT2D eigenvalue weighted by Gasteiger charge is 2.11. The molecule has 0 saturated heterocycles. The number of hydrogen-bond donors (Lipinski definition) is 1. The first-order valence-corrected chi connectivity index (χ1v) is 5.39. The molecule has 0 saturated carbocycles. The maximum Gasteiger partial charge on any atom is 0.246 e. The summed E-state index contributed by atoms with van der Waals surface area (Å²) in [6.07, 6.45) is 0.381.